The molecule has 0 fully saturated rings. The third-order valence-corrected chi connectivity index (χ3v) is 1.97. The molecule has 5 nitrogen and oxygen atoms in total. The zero-order valence-electron chi connectivity index (χ0n) is 8.62. The van der Waals surface area contributed by atoms with Crippen LogP contribution in [0.4, 0.5) is 0 Å². The number of aromatic nitrogens is 3. The van der Waals surface area contributed by atoms with Crippen molar-refractivity contribution in [3.05, 3.63) is 42.5 Å². The summed E-state index contributed by atoms with van der Waals surface area (Å²) in [5.74, 6) is -0.105. The second-order valence-corrected chi connectivity index (χ2v) is 2.99. The zero-order chi connectivity index (χ0) is 11.4. The molecule has 0 amide bonds. The van der Waals surface area contributed by atoms with Gasteiger partial charge in [-0.05, 0) is 0 Å². The second-order valence-electron chi connectivity index (χ2n) is 2.99. The first kappa shape index (κ1) is 10.2. The minimum atomic E-state index is -0.570. The van der Waals surface area contributed by atoms with Crippen molar-refractivity contribution >= 4 is 5.97 Å². The third kappa shape index (κ3) is 2.03. The molecule has 0 aliphatic carbocycles. The van der Waals surface area contributed by atoms with E-state index in [1.54, 1.807) is 0 Å². The van der Waals surface area contributed by atoms with Crippen LogP contribution in [0.5, 0.6) is 0 Å². The van der Waals surface area contributed by atoms with E-state index in [-0.39, 0.29) is 5.82 Å². The number of nitrogens with zero attached hydrogens (tertiary/aromatic N) is 3. The fourth-order valence-corrected chi connectivity index (χ4v) is 1.21. The molecular weight excluding hydrogens is 206 g/mol. The lowest BCUT2D eigenvalue weighted by molar-refractivity contribution is 0.0586. The number of hydrogen-bond donors (Lipinski definition) is 0. The average Bonchev–Trinajstić information content (AvgIpc) is 2.39. The Morgan fingerprint density at radius 3 is 2.62 bits per heavy atom. The molecular formula is C11H9N3O2. The zero-order valence-corrected chi connectivity index (χ0v) is 8.62. The monoisotopic (exact) mass is 215 g/mol. The first-order valence-electron chi connectivity index (χ1n) is 4.64. The fourth-order valence-electron chi connectivity index (χ4n) is 1.21. The van der Waals surface area contributed by atoms with E-state index >= 15 is 0 Å². The number of benzene rings is 1. The number of esters is 1. The van der Waals surface area contributed by atoms with Crippen molar-refractivity contribution in [3.63, 3.8) is 0 Å². The van der Waals surface area contributed by atoms with Gasteiger partial charge in [-0.15, -0.1) is 0 Å². The molecule has 0 saturated carbocycles. The topological polar surface area (TPSA) is 65.0 Å². The number of hydrogen-bond acceptors (Lipinski definition) is 5. The first-order valence-corrected chi connectivity index (χ1v) is 4.64. The van der Waals surface area contributed by atoms with Crippen molar-refractivity contribution in [1.29, 1.82) is 0 Å². The summed E-state index contributed by atoms with van der Waals surface area (Å²) in [5.41, 5.74) is 0.829. The van der Waals surface area contributed by atoms with Gasteiger partial charge in [-0.1, -0.05) is 30.3 Å². The predicted molar refractivity (Wildman–Crippen MR) is 56.6 cm³/mol. The minimum Gasteiger partial charge on any atom is -0.463 e. The summed E-state index contributed by atoms with van der Waals surface area (Å²) in [6.07, 6.45) is 1.29. The Labute approximate surface area is 92.2 Å². The molecule has 0 atom stereocenters. The van der Waals surface area contributed by atoms with Gasteiger partial charge in [0.2, 0.25) is 5.82 Å². The molecule has 0 aliphatic heterocycles. The van der Waals surface area contributed by atoms with Crippen molar-refractivity contribution in [2.75, 3.05) is 7.11 Å². The van der Waals surface area contributed by atoms with Crippen LogP contribution in [-0.2, 0) is 4.74 Å². The van der Waals surface area contributed by atoms with E-state index in [0.717, 1.165) is 5.56 Å². The minimum absolute atomic E-state index is 0.0105. The van der Waals surface area contributed by atoms with Crippen molar-refractivity contribution in [2.45, 2.75) is 0 Å². The van der Waals surface area contributed by atoms with Crippen LogP contribution in [-0.4, -0.2) is 28.0 Å². The third-order valence-electron chi connectivity index (χ3n) is 1.97. The quantitative estimate of drug-likeness (QED) is 0.707. The van der Waals surface area contributed by atoms with Gasteiger partial charge in [0.05, 0.1) is 7.11 Å². The lowest BCUT2D eigenvalue weighted by Gasteiger charge is -2.00. The number of carbonyl (C=O) groups is 1. The Morgan fingerprint density at radius 1 is 1.19 bits per heavy atom. The molecule has 0 spiro atoms. The van der Waals surface area contributed by atoms with Crippen LogP contribution >= 0.6 is 0 Å². The van der Waals surface area contributed by atoms with Crippen molar-refractivity contribution in [2.24, 2.45) is 0 Å². The van der Waals surface area contributed by atoms with E-state index in [1.165, 1.54) is 13.4 Å². The van der Waals surface area contributed by atoms with Gasteiger partial charge >= 0.3 is 5.97 Å². The highest BCUT2D eigenvalue weighted by atomic mass is 16.5. The van der Waals surface area contributed by atoms with Crippen LogP contribution < -0.4 is 0 Å². The van der Waals surface area contributed by atoms with Gasteiger partial charge in [-0.2, -0.15) is 0 Å². The molecule has 1 heterocycles. The first-order chi connectivity index (χ1) is 7.81. The molecule has 1 aromatic heterocycles. The highest BCUT2D eigenvalue weighted by molar-refractivity contribution is 5.85. The molecule has 0 saturated heterocycles. The van der Waals surface area contributed by atoms with Crippen molar-refractivity contribution in [1.82, 2.24) is 15.0 Å². The van der Waals surface area contributed by atoms with Crippen LogP contribution in [0.15, 0.2) is 36.7 Å². The SMILES string of the molecule is COC(=O)c1ncnc(-c2ccccc2)n1. The lowest BCUT2D eigenvalue weighted by atomic mass is 10.2. The summed E-state index contributed by atoms with van der Waals surface area (Å²) in [6, 6.07) is 9.35. The Balaban J connectivity index is 2.40. The molecule has 0 aliphatic rings. The van der Waals surface area contributed by atoms with Crippen LogP contribution in [0, 0.1) is 0 Å². The van der Waals surface area contributed by atoms with Gasteiger partial charge in [0.25, 0.3) is 0 Å². The average molecular weight is 215 g/mol. The molecule has 16 heavy (non-hydrogen) atoms. The van der Waals surface area contributed by atoms with E-state index in [1.807, 2.05) is 30.3 Å². The molecule has 0 bridgehead atoms. The largest absolute Gasteiger partial charge is 0.463 e. The van der Waals surface area contributed by atoms with Crippen molar-refractivity contribution in [3.8, 4) is 11.4 Å². The van der Waals surface area contributed by atoms with Gasteiger partial charge in [-0.3, -0.25) is 0 Å². The predicted octanol–water partition coefficient (Wildman–Crippen LogP) is 1.33. The number of rotatable bonds is 2. The van der Waals surface area contributed by atoms with E-state index in [4.69, 9.17) is 0 Å². The van der Waals surface area contributed by atoms with Crippen LogP contribution in [0.25, 0.3) is 11.4 Å². The van der Waals surface area contributed by atoms with Crippen LogP contribution in [0.1, 0.15) is 10.6 Å². The number of carbonyl (C=O) groups excluding carboxylic acids is 1. The molecule has 0 radical (unpaired) electrons. The lowest BCUT2D eigenvalue weighted by Crippen LogP contribution is -2.08. The van der Waals surface area contributed by atoms with Gasteiger partial charge in [0.1, 0.15) is 6.33 Å². The van der Waals surface area contributed by atoms with E-state index in [0.29, 0.717) is 5.82 Å². The highest BCUT2D eigenvalue weighted by Gasteiger charge is 2.10. The Bertz CT molecular complexity index is 500. The van der Waals surface area contributed by atoms with E-state index < -0.39 is 5.97 Å². The molecule has 2 rings (SSSR count). The maximum absolute atomic E-state index is 11.2. The molecule has 0 unspecified atom stereocenters. The molecule has 0 N–H and O–H groups in total. The van der Waals surface area contributed by atoms with E-state index in [9.17, 15) is 4.79 Å². The second kappa shape index (κ2) is 4.48. The Morgan fingerprint density at radius 2 is 1.94 bits per heavy atom. The maximum atomic E-state index is 11.2. The van der Waals surface area contributed by atoms with Gasteiger partial charge < -0.3 is 4.74 Å². The fraction of sp³-hybridized carbons (Fsp3) is 0.0909. The molecule has 5 heteroatoms. The maximum Gasteiger partial charge on any atom is 0.376 e. The van der Waals surface area contributed by atoms with Gasteiger partial charge in [0, 0.05) is 5.56 Å². The highest BCUT2D eigenvalue weighted by Crippen LogP contribution is 2.12. The summed E-state index contributed by atoms with van der Waals surface area (Å²) in [6.45, 7) is 0. The Kier molecular flexibility index (Phi) is 2.86. The van der Waals surface area contributed by atoms with Crippen LogP contribution in [0.3, 0.4) is 0 Å². The Hall–Kier alpha value is -2.30. The molecule has 80 valence electrons. The van der Waals surface area contributed by atoms with Crippen LogP contribution in [0.2, 0.25) is 0 Å². The van der Waals surface area contributed by atoms with Crippen molar-refractivity contribution < 1.29 is 9.53 Å². The summed E-state index contributed by atoms with van der Waals surface area (Å²) in [4.78, 5) is 23.0. The normalized spacial score (nSPS) is 9.81. The summed E-state index contributed by atoms with van der Waals surface area (Å²) < 4.78 is 4.54. The standard InChI is InChI=1S/C11H9N3O2/c1-16-11(15)10-13-7-12-9(14-10)8-5-3-2-4-6-8/h2-7H,1H3. The number of methoxy groups -OCH3 is 1. The van der Waals surface area contributed by atoms with E-state index in [2.05, 4.69) is 19.7 Å². The molecule has 1 aromatic carbocycles. The smallest absolute Gasteiger partial charge is 0.376 e. The summed E-state index contributed by atoms with van der Waals surface area (Å²) in [7, 11) is 1.29. The van der Waals surface area contributed by atoms with Gasteiger partial charge in [0.15, 0.2) is 5.82 Å². The molecule has 2 aromatic rings. The summed E-state index contributed by atoms with van der Waals surface area (Å²) >= 11 is 0. The van der Waals surface area contributed by atoms with Gasteiger partial charge in [-0.25, -0.2) is 19.7 Å². The summed E-state index contributed by atoms with van der Waals surface area (Å²) in [5, 5.41) is 0. The number of ether oxygens (including phenoxy) is 1.